The Balaban J connectivity index is 1.74. The molecule has 0 aliphatic carbocycles. The summed E-state index contributed by atoms with van der Waals surface area (Å²) in [6, 6.07) is 18.9. The molecule has 4 heteroatoms. The monoisotopic (exact) mass is 362 g/mol. The van der Waals surface area contributed by atoms with Crippen molar-refractivity contribution in [3.8, 4) is 11.5 Å². The van der Waals surface area contributed by atoms with E-state index in [1.807, 2.05) is 12.1 Å². The number of benzene rings is 2. The number of fused-ring (bicyclic) bond motifs is 1. The maximum atomic E-state index is 10.3. The maximum Gasteiger partial charge on any atom is 0.160 e. The average molecular weight is 362 g/mol. The molecule has 1 atom stereocenters. The summed E-state index contributed by atoms with van der Waals surface area (Å²) in [7, 11) is 1.58. The number of hydrogen-bond donors (Lipinski definition) is 1. The number of aromatic nitrogens is 1. The van der Waals surface area contributed by atoms with Gasteiger partial charge in [0.1, 0.15) is 0 Å². The lowest BCUT2D eigenvalue weighted by atomic mass is 10.00. The third-order valence-corrected chi connectivity index (χ3v) is 5.38. The highest BCUT2D eigenvalue weighted by Crippen LogP contribution is 2.37. The fourth-order valence-corrected chi connectivity index (χ4v) is 4.00. The third kappa shape index (κ3) is 3.58. The summed E-state index contributed by atoms with van der Waals surface area (Å²) in [6.07, 6.45) is 3.26. The maximum absolute atomic E-state index is 10.3. The zero-order chi connectivity index (χ0) is 18.8. The highest BCUT2D eigenvalue weighted by atomic mass is 16.5. The molecule has 0 saturated heterocycles. The van der Waals surface area contributed by atoms with Crippen LogP contribution in [-0.2, 0) is 13.1 Å². The van der Waals surface area contributed by atoms with E-state index in [0.29, 0.717) is 5.75 Å². The lowest BCUT2D eigenvalue weighted by molar-refractivity contribution is 0.220. The molecule has 4 rings (SSSR count). The minimum Gasteiger partial charge on any atom is -0.504 e. The molecule has 0 bridgehead atoms. The molecular weight excluding hydrogens is 336 g/mol. The molecule has 0 radical (unpaired) electrons. The van der Waals surface area contributed by atoms with Crippen molar-refractivity contribution in [1.29, 1.82) is 0 Å². The number of rotatable bonds is 4. The van der Waals surface area contributed by atoms with Gasteiger partial charge in [-0.3, -0.25) is 4.90 Å². The molecule has 1 aliphatic heterocycles. The minimum atomic E-state index is 0.0978. The van der Waals surface area contributed by atoms with Crippen LogP contribution in [0, 0.1) is 6.92 Å². The van der Waals surface area contributed by atoms with Gasteiger partial charge in [-0.1, -0.05) is 35.9 Å². The van der Waals surface area contributed by atoms with Crippen molar-refractivity contribution >= 4 is 0 Å². The van der Waals surface area contributed by atoms with Crippen LogP contribution in [0.15, 0.2) is 60.8 Å². The smallest absolute Gasteiger partial charge is 0.160 e. The first-order chi connectivity index (χ1) is 13.2. The van der Waals surface area contributed by atoms with E-state index in [9.17, 15) is 5.11 Å². The number of ether oxygens (including phenoxy) is 1. The van der Waals surface area contributed by atoms with Gasteiger partial charge in [0.05, 0.1) is 13.2 Å². The van der Waals surface area contributed by atoms with Crippen molar-refractivity contribution in [3.63, 3.8) is 0 Å². The molecule has 27 heavy (non-hydrogen) atoms. The molecule has 0 amide bonds. The second kappa shape index (κ2) is 7.49. The number of hydrogen-bond acceptors (Lipinski definition) is 3. The summed E-state index contributed by atoms with van der Waals surface area (Å²) >= 11 is 0. The van der Waals surface area contributed by atoms with Gasteiger partial charge in [-0.05, 0) is 48.7 Å². The lowest BCUT2D eigenvalue weighted by Crippen LogP contribution is -2.29. The molecule has 2 aromatic carbocycles. The van der Waals surface area contributed by atoms with Crippen molar-refractivity contribution in [1.82, 2.24) is 9.47 Å². The summed E-state index contributed by atoms with van der Waals surface area (Å²) in [6.45, 7) is 5.02. The molecule has 3 aromatic rings. The van der Waals surface area contributed by atoms with Crippen molar-refractivity contribution < 1.29 is 9.84 Å². The van der Waals surface area contributed by atoms with E-state index >= 15 is 0 Å². The Kier molecular flexibility index (Phi) is 4.90. The summed E-state index contributed by atoms with van der Waals surface area (Å²) in [4.78, 5) is 2.50. The molecule has 0 unspecified atom stereocenters. The Morgan fingerprint density at radius 3 is 2.63 bits per heavy atom. The predicted molar refractivity (Wildman–Crippen MR) is 107 cm³/mol. The Bertz CT molecular complexity index is 914. The normalized spacial score (nSPS) is 17.3. The SMILES string of the molecule is COc1ccc([C@H]2c3cccn3CCCN2Cc2ccc(C)cc2)cc1O. The van der Waals surface area contributed by atoms with Gasteiger partial charge >= 0.3 is 0 Å². The van der Waals surface area contributed by atoms with Gasteiger partial charge in [0.25, 0.3) is 0 Å². The molecule has 1 aromatic heterocycles. The van der Waals surface area contributed by atoms with Crippen LogP contribution < -0.4 is 4.74 Å². The van der Waals surface area contributed by atoms with E-state index in [-0.39, 0.29) is 11.8 Å². The van der Waals surface area contributed by atoms with Crippen LogP contribution in [0.1, 0.15) is 34.8 Å². The summed E-state index contributed by atoms with van der Waals surface area (Å²) < 4.78 is 7.57. The van der Waals surface area contributed by atoms with Gasteiger partial charge in [-0.2, -0.15) is 0 Å². The molecule has 140 valence electrons. The Labute approximate surface area is 160 Å². The number of phenolic OH excluding ortho intramolecular Hbond substituents is 1. The third-order valence-electron chi connectivity index (χ3n) is 5.38. The molecule has 2 heterocycles. The van der Waals surface area contributed by atoms with Crippen LogP contribution in [0.3, 0.4) is 0 Å². The van der Waals surface area contributed by atoms with Crippen molar-refractivity contribution in [2.75, 3.05) is 13.7 Å². The topological polar surface area (TPSA) is 37.6 Å². The van der Waals surface area contributed by atoms with E-state index in [1.54, 1.807) is 7.11 Å². The fraction of sp³-hybridized carbons (Fsp3) is 0.304. The van der Waals surface area contributed by atoms with Crippen LogP contribution >= 0.6 is 0 Å². The van der Waals surface area contributed by atoms with Crippen molar-refractivity contribution in [3.05, 3.63) is 83.2 Å². The number of phenols is 1. The van der Waals surface area contributed by atoms with Crippen LogP contribution in [0.5, 0.6) is 11.5 Å². The summed E-state index contributed by atoms with van der Waals surface area (Å²) in [5.41, 5.74) is 4.94. The number of nitrogens with zero attached hydrogens (tertiary/aromatic N) is 2. The quantitative estimate of drug-likeness (QED) is 0.742. The Morgan fingerprint density at radius 1 is 1.07 bits per heavy atom. The van der Waals surface area contributed by atoms with E-state index < -0.39 is 0 Å². The van der Waals surface area contributed by atoms with Crippen LogP contribution in [0.2, 0.25) is 0 Å². The lowest BCUT2D eigenvalue weighted by Gasteiger charge is -2.31. The first-order valence-corrected chi connectivity index (χ1v) is 9.47. The molecule has 1 N–H and O–H groups in total. The van der Waals surface area contributed by atoms with Gasteiger partial charge in [0, 0.05) is 31.5 Å². The Morgan fingerprint density at radius 2 is 1.89 bits per heavy atom. The minimum absolute atomic E-state index is 0.0978. The second-order valence-electron chi connectivity index (χ2n) is 7.27. The van der Waals surface area contributed by atoms with Crippen LogP contribution in [0.25, 0.3) is 0 Å². The van der Waals surface area contributed by atoms with Gasteiger partial charge in [-0.25, -0.2) is 0 Å². The number of aromatic hydroxyl groups is 1. The highest BCUT2D eigenvalue weighted by Gasteiger charge is 2.28. The van der Waals surface area contributed by atoms with Crippen molar-refractivity contribution in [2.24, 2.45) is 0 Å². The predicted octanol–water partition coefficient (Wildman–Crippen LogP) is 4.51. The highest BCUT2D eigenvalue weighted by molar-refractivity contribution is 5.44. The number of aryl methyl sites for hydroxylation is 2. The first-order valence-electron chi connectivity index (χ1n) is 9.47. The molecule has 4 nitrogen and oxygen atoms in total. The molecular formula is C23H26N2O2. The van der Waals surface area contributed by atoms with Crippen LogP contribution in [0.4, 0.5) is 0 Å². The van der Waals surface area contributed by atoms with E-state index in [2.05, 4.69) is 65.1 Å². The molecule has 1 aliphatic rings. The van der Waals surface area contributed by atoms with E-state index in [0.717, 1.165) is 31.6 Å². The number of methoxy groups -OCH3 is 1. The summed E-state index contributed by atoms with van der Waals surface area (Å²) in [5, 5.41) is 10.3. The first kappa shape index (κ1) is 17.7. The fourth-order valence-electron chi connectivity index (χ4n) is 4.00. The molecule has 0 fully saturated rings. The van der Waals surface area contributed by atoms with Gasteiger partial charge in [-0.15, -0.1) is 0 Å². The standard InChI is InChI=1S/C23H26N2O2/c1-17-6-8-18(9-7-17)16-25-14-4-13-24-12-3-5-20(24)23(25)19-10-11-22(27-2)21(26)15-19/h3,5-12,15,23,26H,4,13-14,16H2,1-2H3/t23-/m0/s1. The summed E-state index contributed by atoms with van der Waals surface area (Å²) in [5.74, 6) is 0.695. The average Bonchev–Trinajstić information content (AvgIpc) is 3.05. The largest absolute Gasteiger partial charge is 0.504 e. The second-order valence-corrected chi connectivity index (χ2v) is 7.27. The van der Waals surface area contributed by atoms with E-state index in [4.69, 9.17) is 4.74 Å². The van der Waals surface area contributed by atoms with Gasteiger partial charge < -0.3 is 14.4 Å². The Hall–Kier alpha value is -2.72. The van der Waals surface area contributed by atoms with Gasteiger partial charge in [0.15, 0.2) is 11.5 Å². The molecule has 0 saturated carbocycles. The molecule has 0 spiro atoms. The zero-order valence-electron chi connectivity index (χ0n) is 15.9. The van der Waals surface area contributed by atoms with Crippen LogP contribution in [-0.4, -0.2) is 28.2 Å². The van der Waals surface area contributed by atoms with Gasteiger partial charge in [0.2, 0.25) is 0 Å². The zero-order valence-corrected chi connectivity index (χ0v) is 15.9. The van der Waals surface area contributed by atoms with Crippen molar-refractivity contribution in [2.45, 2.75) is 32.5 Å². The van der Waals surface area contributed by atoms with E-state index in [1.165, 1.54) is 16.8 Å².